The maximum absolute atomic E-state index is 15.0. The Balaban J connectivity index is 0.899. The van der Waals surface area contributed by atoms with Gasteiger partial charge in [0.05, 0.1) is 24.2 Å². The lowest BCUT2D eigenvalue weighted by atomic mass is 9.72. The second-order valence-electron chi connectivity index (χ2n) is 14.0. The number of ether oxygens (including phenoxy) is 1. The number of alkyl halides is 2. The van der Waals surface area contributed by atoms with E-state index in [1.807, 2.05) is 9.80 Å². The van der Waals surface area contributed by atoms with Gasteiger partial charge in [-0.15, -0.1) is 11.6 Å². The highest BCUT2D eigenvalue weighted by atomic mass is 35.5. The van der Waals surface area contributed by atoms with Gasteiger partial charge < -0.3 is 30.1 Å². The van der Waals surface area contributed by atoms with Gasteiger partial charge in [-0.25, -0.2) is 4.39 Å². The molecule has 43 heavy (non-hydrogen) atoms. The minimum absolute atomic E-state index is 0.00573. The van der Waals surface area contributed by atoms with Crippen LogP contribution in [0.4, 0.5) is 4.39 Å². The predicted molar refractivity (Wildman–Crippen MR) is 160 cm³/mol. The Morgan fingerprint density at radius 2 is 1.72 bits per heavy atom. The molecular weight excluding hydrogens is 581 g/mol. The molecule has 4 heterocycles. The number of aliphatic hydroxyl groups excluding tert-OH is 4. The number of β-amino-alcohol motifs (C(OH)–C–C–N with tert-alkyl or cyclic N) is 1. The van der Waals surface area contributed by atoms with Gasteiger partial charge in [0.25, 0.3) is 0 Å². The van der Waals surface area contributed by atoms with Crippen molar-refractivity contribution in [1.29, 1.82) is 0 Å². The Bertz CT molecular complexity index is 881. The van der Waals surface area contributed by atoms with Gasteiger partial charge >= 0.3 is 0 Å². The summed E-state index contributed by atoms with van der Waals surface area (Å²) in [4.78, 5) is 19.1. The Morgan fingerprint density at radius 1 is 1.02 bits per heavy atom. The van der Waals surface area contributed by atoms with Gasteiger partial charge in [-0.1, -0.05) is 0 Å². The van der Waals surface area contributed by atoms with Crippen LogP contribution >= 0.6 is 11.6 Å². The molecular formula is C30H53ClFN5O6. The zero-order chi connectivity index (χ0) is 30.6. The van der Waals surface area contributed by atoms with Crippen LogP contribution in [0, 0.1) is 17.3 Å². The van der Waals surface area contributed by atoms with E-state index in [1.165, 1.54) is 12.8 Å². The van der Waals surface area contributed by atoms with Crippen molar-refractivity contribution in [3.05, 3.63) is 0 Å². The van der Waals surface area contributed by atoms with E-state index in [2.05, 4.69) is 15.5 Å². The number of carbonyl (C=O) groups is 1. The number of nitrogens with one attached hydrogen (secondary N) is 2. The first-order chi connectivity index (χ1) is 20.6. The Morgan fingerprint density at radius 3 is 2.37 bits per heavy atom. The van der Waals surface area contributed by atoms with Crippen molar-refractivity contribution < 1.29 is 34.3 Å². The van der Waals surface area contributed by atoms with Gasteiger partial charge in [0.15, 0.2) is 0 Å². The number of rotatable bonds is 13. The molecule has 0 bridgehead atoms. The number of halogens is 2. The zero-order valence-electron chi connectivity index (χ0n) is 25.3. The fourth-order valence-corrected chi connectivity index (χ4v) is 7.97. The lowest BCUT2D eigenvalue weighted by molar-refractivity contribution is -0.166. The number of nitrogens with zero attached hydrogens (tertiary/aromatic N) is 3. The summed E-state index contributed by atoms with van der Waals surface area (Å²) in [7, 11) is 0. The predicted octanol–water partition coefficient (Wildman–Crippen LogP) is -0.305. The molecule has 11 nitrogen and oxygen atoms in total. The number of aliphatic hydroxyl groups is 4. The van der Waals surface area contributed by atoms with Crippen LogP contribution in [0.2, 0.25) is 0 Å². The van der Waals surface area contributed by atoms with E-state index in [0.29, 0.717) is 51.5 Å². The first-order valence-electron chi connectivity index (χ1n) is 16.4. The minimum Gasteiger partial charge on any atom is -0.394 e. The average molecular weight is 634 g/mol. The summed E-state index contributed by atoms with van der Waals surface area (Å²) in [6.07, 6.45) is 1.88. The molecule has 0 aromatic carbocycles. The monoisotopic (exact) mass is 633 g/mol. The van der Waals surface area contributed by atoms with E-state index in [-0.39, 0.29) is 48.0 Å². The van der Waals surface area contributed by atoms with Crippen molar-refractivity contribution >= 4 is 17.5 Å². The molecule has 0 aromatic heterocycles. The van der Waals surface area contributed by atoms with E-state index in [4.69, 9.17) is 21.4 Å². The fraction of sp³-hybridized carbons (Fsp3) is 0.967. The van der Waals surface area contributed by atoms with Crippen molar-refractivity contribution in [2.45, 2.75) is 93.6 Å². The number of likely N-dealkylation sites (tertiary alicyclic amines) is 3. The molecule has 3 unspecified atom stereocenters. The second kappa shape index (κ2) is 15.3. The first-order valence-corrected chi connectivity index (χ1v) is 16.8. The van der Waals surface area contributed by atoms with E-state index in [9.17, 15) is 20.1 Å². The van der Waals surface area contributed by atoms with Crippen LogP contribution in [0.15, 0.2) is 0 Å². The number of carbonyl (C=O) groups excluding carboxylic acids is 1. The molecule has 6 N–H and O–H groups in total. The molecule has 0 aromatic rings. The van der Waals surface area contributed by atoms with Crippen molar-refractivity contribution in [2.24, 2.45) is 17.3 Å². The van der Waals surface area contributed by atoms with Crippen LogP contribution in [0.25, 0.3) is 0 Å². The van der Waals surface area contributed by atoms with Crippen LogP contribution in [-0.2, 0) is 9.53 Å². The molecule has 0 radical (unpaired) electrons. The van der Waals surface area contributed by atoms with Crippen molar-refractivity contribution in [3.63, 3.8) is 0 Å². The van der Waals surface area contributed by atoms with Crippen molar-refractivity contribution in [3.8, 4) is 0 Å². The summed E-state index contributed by atoms with van der Waals surface area (Å²) < 4.78 is 21.1. The van der Waals surface area contributed by atoms with Crippen LogP contribution in [0.3, 0.4) is 0 Å². The van der Waals surface area contributed by atoms with Gasteiger partial charge in [0.1, 0.15) is 24.7 Å². The molecule has 5 fully saturated rings. The number of piperidine rings is 1. The molecule has 248 valence electrons. The molecule has 5 aliphatic rings. The van der Waals surface area contributed by atoms with Gasteiger partial charge in [0, 0.05) is 83.8 Å². The maximum Gasteiger partial charge on any atom is 0.222 e. The minimum atomic E-state index is -1.40. The molecule has 1 spiro atoms. The molecule has 6 atom stereocenters. The fourth-order valence-electron chi connectivity index (χ4n) is 7.79. The summed E-state index contributed by atoms with van der Waals surface area (Å²) in [5.41, 5.74) is 0.00573. The molecule has 1 amide bonds. The van der Waals surface area contributed by atoms with Gasteiger partial charge in [-0.05, 0) is 50.4 Å². The third kappa shape index (κ3) is 8.78. The Hall–Kier alpha value is -0.670. The average Bonchev–Trinajstić information content (AvgIpc) is 2.96. The Labute approximate surface area is 260 Å². The lowest BCUT2D eigenvalue weighted by Gasteiger charge is -2.60. The number of amides is 1. The quantitative estimate of drug-likeness (QED) is 0.118. The largest absolute Gasteiger partial charge is 0.394 e. The highest BCUT2D eigenvalue weighted by Crippen LogP contribution is 2.41. The molecule has 4 saturated heterocycles. The molecule has 13 heteroatoms. The smallest absolute Gasteiger partial charge is 0.222 e. The van der Waals surface area contributed by atoms with E-state index >= 15 is 4.39 Å². The lowest BCUT2D eigenvalue weighted by Crippen LogP contribution is -2.73. The molecule has 4 aliphatic heterocycles. The number of hydrogen-bond acceptors (Lipinski definition) is 10. The highest BCUT2D eigenvalue weighted by molar-refractivity contribution is 6.21. The van der Waals surface area contributed by atoms with Crippen molar-refractivity contribution in [1.82, 2.24) is 25.3 Å². The third-order valence-electron chi connectivity index (χ3n) is 10.4. The third-order valence-corrected chi connectivity index (χ3v) is 10.7. The SMILES string of the molecule is O=C(CC1CCC(OCCCC2CCN(C3NCC(Cl)CN3)CC2)CC1F)N1CC2(CN(C[C@H](O)[C@H](O)[C@H](O)CO)C2)C1. The second-order valence-corrected chi connectivity index (χ2v) is 14.6. The topological polar surface area (TPSA) is 141 Å². The van der Waals surface area contributed by atoms with Crippen LogP contribution in [0.1, 0.15) is 51.4 Å². The summed E-state index contributed by atoms with van der Waals surface area (Å²) in [6, 6.07) is 0. The van der Waals surface area contributed by atoms with E-state index in [0.717, 1.165) is 45.4 Å². The normalized spacial score (nSPS) is 34.4. The summed E-state index contributed by atoms with van der Waals surface area (Å²) in [5, 5.41) is 45.4. The van der Waals surface area contributed by atoms with E-state index in [1.54, 1.807) is 0 Å². The van der Waals surface area contributed by atoms with Gasteiger partial charge in [-0.2, -0.15) is 0 Å². The molecule has 1 aliphatic carbocycles. The van der Waals surface area contributed by atoms with Gasteiger partial charge in [-0.3, -0.25) is 25.2 Å². The van der Waals surface area contributed by atoms with Gasteiger partial charge in [0.2, 0.25) is 5.91 Å². The molecule has 1 saturated carbocycles. The summed E-state index contributed by atoms with van der Waals surface area (Å²) in [6.45, 7) is 6.80. The summed E-state index contributed by atoms with van der Waals surface area (Å²) >= 11 is 6.16. The zero-order valence-corrected chi connectivity index (χ0v) is 26.1. The van der Waals surface area contributed by atoms with Crippen LogP contribution < -0.4 is 10.6 Å². The van der Waals surface area contributed by atoms with Crippen LogP contribution in [0.5, 0.6) is 0 Å². The summed E-state index contributed by atoms with van der Waals surface area (Å²) in [5.74, 6) is 0.487. The number of hydrogen-bond donors (Lipinski definition) is 6. The standard InChI is InChI=1S/C30H53ClFN5O6/c31-22-12-33-29(34-13-22)36-7-5-20(6-8-36)2-1-9-43-23-4-3-21(24(32)11-23)10-27(41)37-18-30(19-37)16-35(17-30)14-25(39)28(42)26(40)15-38/h20-26,28-29,33-34,38-40,42H,1-19H2/t21?,22?,23?,24?,25-,26+,28-,29?/m0/s1. The van der Waals surface area contributed by atoms with Crippen LogP contribution in [-0.4, -0.2) is 155 Å². The molecule has 5 rings (SSSR count). The Kier molecular flexibility index (Phi) is 12.0. The van der Waals surface area contributed by atoms with E-state index < -0.39 is 31.1 Å². The van der Waals surface area contributed by atoms with Crippen molar-refractivity contribution in [2.75, 3.05) is 72.1 Å². The highest BCUT2D eigenvalue weighted by Gasteiger charge is 2.53. The first kappa shape index (κ1) is 33.7. The maximum atomic E-state index is 15.0.